The van der Waals surface area contributed by atoms with E-state index < -0.39 is 0 Å². The van der Waals surface area contributed by atoms with E-state index in [0.29, 0.717) is 0 Å². The summed E-state index contributed by atoms with van der Waals surface area (Å²) in [6, 6.07) is 24.5. The van der Waals surface area contributed by atoms with E-state index in [9.17, 15) is 0 Å². The van der Waals surface area contributed by atoms with Crippen molar-refractivity contribution in [1.29, 1.82) is 0 Å². The molecule has 1 nitrogen and oxygen atoms in total. The zero-order valence-electron chi connectivity index (χ0n) is 15.5. The number of benzene rings is 3. The molecule has 0 radical (unpaired) electrons. The van der Waals surface area contributed by atoms with Crippen LogP contribution >= 0.6 is 0 Å². The van der Waals surface area contributed by atoms with Gasteiger partial charge in [-0.25, -0.2) is 0 Å². The third-order valence-corrected chi connectivity index (χ3v) is 6.22. The molecule has 1 heterocycles. The fourth-order valence-corrected chi connectivity index (χ4v) is 4.89. The van der Waals surface area contributed by atoms with E-state index >= 15 is 0 Å². The second kappa shape index (κ2) is 5.47. The normalized spacial score (nSPS) is 16.0. The van der Waals surface area contributed by atoms with Crippen LogP contribution in [0.4, 0.5) is 0 Å². The van der Waals surface area contributed by atoms with Crippen LogP contribution in [-0.4, -0.2) is 4.57 Å². The van der Waals surface area contributed by atoms with Gasteiger partial charge in [0.15, 0.2) is 0 Å². The highest BCUT2D eigenvalue weighted by Gasteiger charge is 2.23. The first-order chi connectivity index (χ1) is 13.3. The molecule has 0 fully saturated rings. The molecule has 0 bridgehead atoms. The van der Waals surface area contributed by atoms with Crippen molar-refractivity contribution in [2.45, 2.75) is 26.2 Å². The highest BCUT2D eigenvalue weighted by atomic mass is 15.0. The van der Waals surface area contributed by atoms with E-state index in [1.165, 1.54) is 62.6 Å². The summed E-state index contributed by atoms with van der Waals surface area (Å²) in [5.41, 5.74) is 11.3. The van der Waals surface area contributed by atoms with Gasteiger partial charge in [0.25, 0.3) is 0 Å². The first-order valence-corrected chi connectivity index (χ1v) is 9.81. The lowest BCUT2D eigenvalue weighted by atomic mass is 9.93. The van der Waals surface area contributed by atoms with E-state index in [1.807, 2.05) is 0 Å². The quantitative estimate of drug-likeness (QED) is 0.355. The Bertz CT molecular complexity index is 1240. The summed E-state index contributed by atoms with van der Waals surface area (Å²) in [5.74, 6) is 0. The highest BCUT2D eigenvalue weighted by molar-refractivity contribution is 6.09. The Labute approximate surface area is 159 Å². The Balaban J connectivity index is 1.64. The molecule has 0 N–H and O–H groups in total. The van der Waals surface area contributed by atoms with Crippen LogP contribution in [0.1, 0.15) is 30.9 Å². The lowest BCUT2D eigenvalue weighted by molar-refractivity contribution is 0.889. The minimum Gasteiger partial charge on any atom is -0.309 e. The molecule has 3 aromatic carbocycles. The Morgan fingerprint density at radius 2 is 1.48 bits per heavy atom. The number of allylic oxidation sites excluding steroid dienone is 4. The maximum Gasteiger partial charge on any atom is 0.0541 e. The van der Waals surface area contributed by atoms with Gasteiger partial charge in [0.2, 0.25) is 0 Å². The largest absolute Gasteiger partial charge is 0.309 e. The molecular weight excluding hydrogens is 326 g/mol. The van der Waals surface area contributed by atoms with Crippen LogP contribution in [0.5, 0.6) is 0 Å². The Hall–Kier alpha value is -3.06. The van der Waals surface area contributed by atoms with Gasteiger partial charge >= 0.3 is 0 Å². The Morgan fingerprint density at radius 1 is 0.778 bits per heavy atom. The smallest absolute Gasteiger partial charge is 0.0541 e. The molecule has 27 heavy (non-hydrogen) atoms. The molecule has 0 aliphatic heterocycles. The number of hydrogen-bond donors (Lipinski definition) is 0. The molecular formula is C26H21N. The molecule has 6 rings (SSSR count). The summed E-state index contributed by atoms with van der Waals surface area (Å²) in [6.45, 7) is 2.26. The van der Waals surface area contributed by atoms with Crippen molar-refractivity contribution in [1.82, 2.24) is 4.57 Å². The van der Waals surface area contributed by atoms with Gasteiger partial charge in [-0.2, -0.15) is 0 Å². The van der Waals surface area contributed by atoms with Crippen molar-refractivity contribution in [3.63, 3.8) is 0 Å². The van der Waals surface area contributed by atoms with Crippen molar-refractivity contribution < 1.29 is 0 Å². The third-order valence-electron chi connectivity index (χ3n) is 6.22. The van der Waals surface area contributed by atoms with Gasteiger partial charge in [-0.1, -0.05) is 59.7 Å². The van der Waals surface area contributed by atoms with E-state index in [0.717, 1.165) is 6.42 Å². The van der Waals surface area contributed by atoms with Crippen LogP contribution in [-0.2, 0) is 6.42 Å². The number of nitrogens with zero attached hydrogens (tertiary/aromatic N) is 1. The summed E-state index contributed by atoms with van der Waals surface area (Å²) in [6.07, 6.45) is 5.98. The van der Waals surface area contributed by atoms with E-state index in [1.54, 1.807) is 5.57 Å². The van der Waals surface area contributed by atoms with Gasteiger partial charge in [-0.3, -0.25) is 0 Å². The zero-order valence-corrected chi connectivity index (χ0v) is 15.5. The number of fused-ring (bicyclic) bond motifs is 5. The summed E-state index contributed by atoms with van der Waals surface area (Å²) in [4.78, 5) is 0. The van der Waals surface area contributed by atoms with E-state index in [-0.39, 0.29) is 0 Å². The number of para-hydroxylation sites is 2. The van der Waals surface area contributed by atoms with E-state index in [2.05, 4.69) is 84.3 Å². The summed E-state index contributed by atoms with van der Waals surface area (Å²) >= 11 is 0. The van der Waals surface area contributed by atoms with Crippen LogP contribution in [0, 0.1) is 0 Å². The Kier molecular flexibility index (Phi) is 3.05. The van der Waals surface area contributed by atoms with Crippen LogP contribution in [0.25, 0.3) is 33.1 Å². The molecule has 0 amide bonds. The van der Waals surface area contributed by atoms with Crippen molar-refractivity contribution in [3.8, 4) is 5.69 Å². The molecule has 1 aromatic heterocycles. The van der Waals surface area contributed by atoms with Crippen molar-refractivity contribution in [3.05, 3.63) is 95.1 Å². The minimum atomic E-state index is 1.13. The van der Waals surface area contributed by atoms with Crippen LogP contribution in [0.2, 0.25) is 0 Å². The van der Waals surface area contributed by atoms with Crippen molar-refractivity contribution in [2.24, 2.45) is 0 Å². The first-order valence-electron chi connectivity index (χ1n) is 9.81. The zero-order chi connectivity index (χ0) is 18.0. The fraction of sp³-hybridized carbons (Fsp3) is 0.154. The maximum absolute atomic E-state index is 2.42. The van der Waals surface area contributed by atoms with Crippen LogP contribution in [0.15, 0.2) is 84.0 Å². The van der Waals surface area contributed by atoms with Gasteiger partial charge in [0.1, 0.15) is 0 Å². The molecule has 2 aliphatic rings. The van der Waals surface area contributed by atoms with Crippen LogP contribution < -0.4 is 0 Å². The molecule has 1 heteroatoms. The topological polar surface area (TPSA) is 4.93 Å². The third kappa shape index (κ3) is 2.12. The fourth-order valence-electron chi connectivity index (χ4n) is 4.89. The second-order valence-electron chi connectivity index (χ2n) is 7.90. The van der Waals surface area contributed by atoms with Gasteiger partial charge in [-0.15, -0.1) is 0 Å². The molecule has 0 saturated heterocycles. The number of hydrogen-bond acceptors (Lipinski definition) is 0. The Morgan fingerprint density at radius 3 is 2.22 bits per heavy atom. The predicted octanol–water partition coefficient (Wildman–Crippen LogP) is 6.83. The summed E-state index contributed by atoms with van der Waals surface area (Å²) < 4.78 is 2.42. The highest BCUT2D eigenvalue weighted by Crippen LogP contribution is 2.42. The molecule has 4 aromatic rings. The average Bonchev–Trinajstić information content (AvgIpc) is 3.23. The standard InChI is InChI=1S/C26H21N/c1-17-10-11-18-15-19-12-13-20(16-24(19)23(18)14-17)27-25-8-4-2-6-21(25)22-7-3-5-9-26(22)27/h2-9,12-14,16H,10-11,15H2,1H3. The van der Waals surface area contributed by atoms with Crippen LogP contribution in [0.3, 0.4) is 0 Å². The summed E-state index contributed by atoms with van der Waals surface area (Å²) in [7, 11) is 0. The summed E-state index contributed by atoms with van der Waals surface area (Å²) in [5, 5.41) is 2.64. The molecule has 2 aliphatic carbocycles. The van der Waals surface area contributed by atoms with Gasteiger partial charge in [0, 0.05) is 16.5 Å². The molecule has 0 spiro atoms. The lowest BCUT2D eigenvalue weighted by Crippen LogP contribution is -1.96. The second-order valence-corrected chi connectivity index (χ2v) is 7.90. The first kappa shape index (κ1) is 15.0. The monoisotopic (exact) mass is 347 g/mol. The lowest BCUT2D eigenvalue weighted by Gasteiger charge is -2.14. The molecule has 0 saturated carbocycles. The average molecular weight is 347 g/mol. The van der Waals surface area contributed by atoms with Crippen molar-refractivity contribution in [2.75, 3.05) is 0 Å². The molecule has 0 atom stereocenters. The SMILES string of the molecule is CC1=CC2=C(CC1)Cc1ccc(-n3c4ccccc4c4ccccc43)cc12. The van der Waals surface area contributed by atoms with Gasteiger partial charge < -0.3 is 4.57 Å². The van der Waals surface area contributed by atoms with Crippen molar-refractivity contribution >= 4 is 27.4 Å². The van der Waals surface area contributed by atoms with E-state index in [4.69, 9.17) is 0 Å². The van der Waals surface area contributed by atoms with Gasteiger partial charge in [-0.05, 0) is 67.2 Å². The molecule has 130 valence electrons. The maximum atomic E-state index is 2.42. The number of rotatable bonds is 1. The van der Waals surface area contributed by atoms with Gasteiger partial charge in [0.05, 0.1) is 11.0 Å². The minimum absolute atomic E-state index is 1.13. The predicted molar refractivity (Wildman–Crippen MR) is 114 cm³/mol. The molecule has 0 unspecified atom stereocenters. The number of aromatic nitrogens is 1.